The number of carbonyl (C=O) groups excluding carboxylic acids is 1. The van der Waals surface area contributed by atoms with E-state index in [1.165, 1.54) is 13.8 Å². The van der Waals surface area contributed by atoms with Gasteiger partial charge in [-0.2, -0.15) is 0 Å². The highest BCUT2D eigenvalue weighted by Gasteiger charge is 2.74. The number of allylic oxidation sites excluding steroid dienone is 2. The molecular weight excluding hydrogens is 1400 g/mol. The highest BCUT2D eigenvalue weighted by molar-refractivity contribution is 5.80. The minimum Gasteiger partial charge on any atom is -0.432 e. The van der Waals surface area contributed by atoms with Crippen molar-refractivity contribution in [2.45, 2.75) is 315 Å². The van der Waals surface area contributed by atoms with E-state index in [1.807, 2.05) is 0 Å². The van der Waals surface area contributed by atoms with E-state index in [9.17, 15) is 107 Å². The predicted octanol–water partition coefficient (Wildman–Crippen LogP) is -7.67. The van der Waals surface area contributed by atoms with Gasteiger partial charge in [-0.3, -0.25) is 4.79 Å². The molecule has 36 nitrogen and oxygen atoms in total. The lowest BCUT2D eigenvalue weighted by Gasteiger charge is -2.72. The Morgan fingerprint density at radius 3 is 1.69 bits per heavy atom. The summed E-state index contributed by atoms with van der Waals surface area (Å²) in [6.07, 6.45) is -52.1. The molecule has 7 aliphatic heterocycles. The van der Waals surface area contributed by atoms with E-state index >= 15 is 4.79 Å². The van der Waals surface area contributed by atoms with Gasteiger partial charge in [-0.1, -0.05) is 53.2 Å². The SMILES string of the molecule is CC1OC(OC2C(O)COC(OC3C(C)OC(OC4C(OC(=O)C56CCC(C)(C)CC5C5=CCC7C8(C)CC(O)C(OC9OC(CO)C(O)C(OC%10OC(CO)C(O)C(O)C%10O)C9O)C(C)(CO)C8CCC7(C)C5(C)CC6O)OCC(O)C4O)C(O)C3OC3OCC(O)(CO)C3O)C2O)C(O)C(O)C1O. The summed E-state index contributed by atoms with van der Waals surface area (Å²) in [6.45, 7) is 9.94. The highest BCUT2D eigenvalue weighted by atomic mass is 16.8. The summed E-state index contributed by atoms with van der Waals surface area (Å²) < 4.78 is 83.7. The molecule has 0 spiro atoms. The molecule has 7 saturated heterocycles. The Bertz CT molecular complexity index is 3010. The molecule has 42 atom stereocenters. The molecule has 0 amide bonds. The summed E-state index contributed by atoms with van der Waals surface area (Å²) in [7, 11) is 0. The van der Waals surface area contributed by atoms with E-state index in [-0.39, 0.29) is 25.2 Å². The molecule has 105 heavy (non-hydrogen) atoms. The van der Waals surface area contributed by atoms with Gasteiger partial charge in [0.2, 0.25) is 6.29 Å². The van der Waals surface area contributed by atoms with Crippen LogP contribution in [0.5, 0.6) is 0 Å². The second kappa shape index (κ2) is 30.6. The molecule has 0 aromatic heterocycles. The molecule has 36 heteroatoms. The van der Waals surface area contributed by atoms with Crippen molar-refractivity contribution >= 4 is 5.97 Å². The van der Waals surface area contributed by atoms with Crippen molar-refractivity contribution in [1.29, 1.82) is 0 Å². The predicted molar refractivity (Wildman–Crippen MR) is 344 cm³/mol. The molecule has 0 radical (unpaired) electrons. The van der Waals surface area contributed by atoms with Crippen molar-refractivity contribution in [3.63, 3.8) is 0 Å². The normalized spacial score (nSPS) is 55.8. The Balaban J connectivity index is 0.780. The maximum absolute atomic E-state index is 15.8. The summed E-state index contributed by atoms with van der Waals surface area (Å²) in [4.78, 5) is 15.8. The third-order valence-corrected chi connectivity index (χ3v) is 26.7. The van der Waals surface area contributed by atoms with Crippen LogP contribution in [-0.4, -0.2) is 368 Å². The molecule has 11 fully saturated rings. The van der Waals surface area contributed by atoms with Crippen molar-refractivity contribution in [3.8, 4) is 0 Å². The van der Waals surface area contributed by atoms with Gasteiger partial charge >= 0.3 is 5.97 Å². The minimum atomic E-state index is -2.26. The summed E-state index contributed by atoms with van der Waals surface area (Å²) in [6, 6.07) is 0. The Morgan fingerprint density at radius 1 is 0.486 bits per heavy atom. The van der Waals surface area contributed by atoms with Crippen LogP contribution in [0, 0.1) is 50.2 Å². The number of rotatable bonds is 18. The second-order valence-corrected chi connectivity index (χ2v) is 33.6. The fourth-order valence-electron chi connectivity index (χ4n) is 20.3. The van der Waals surface area contributed by atoms with E-state index in [0.29, 0.717) is 32.1 Å². The van der Waals surface area contributed by atoms with Crippen LogP contribution in [0.2, 0.25) is 0 Å². The molecule has 12 aliphatic rings. The first kappa shape index (κ1) is 82.3. The number of aliphatic hydroxyl groups excluding tert-OH is 20. The number of esters is 1. The van der Waals surface area contributed by atoms with Gasteiger partial charge in [-0.15, -0.1) is 0 Å². The van der Waals surface area contributed by atoms with Gasteiger partial charge in [-0.05, 0) is 105 Å². The van der Waals surface area contributed by atoms with Crippen LogP contribution in [0.4, 0.5) is 0 Å². The van der Waals surface area contributed by atoms with Gasteiger partial charge in [0.1, 0.15) is 133 Å². The first-order valence-electron chi connectivity index (χ1n) is 36.6. The monoisotopic (exact) mass is 1520 g/mol. The lowest BCUT2D eigenvalue weighted by molar-refractivity contribution is -0.387. The zero-order chi connectivity index (χ0) is 76.7. The summed E-state index contributed by atoms with van der Waals surface area (Å²) in [5.74, 6) is -2.29. The zero-order valence-corrected chi connectivity index (χ0v) is 60.0. The third kappa shape index (κ3) is 13.9. The van der Waals surface area contributed by atoms with Gasteiger partial charge < -0.3 is 174 Å². The maximum Gasteiger partial charge on any atom is 0.317 e. The van der Waals surface area contributed by atoms with Crippen LogP contribution >= 0.6 is 0 Å². The van der Waals surface area contributed by atoms with Crippen LogP contribution in [0.25, 0.3) is 0 Å². The maximum atomic E-state index is 15.8. The van der Waals surface area contributed by atoms with E-state index < -0.39 is 305 Å². The number of hydrogen-bond acceptors (Lipinski definition) is 36. The lowest BCUT2D eigenvalue weighted by Crippen LogP contribution is -2.71. The zero-order valence-electron chi connectivity index (χ0n) is 60.0. The first-order valence-corrected chi connectivity index (χ1v) is 36.6. The quantitative estimate of drug-likeness (QED) is 0.0344. The van der Waals surface area contributed by atoms with E-state index in [0.717, 1.165) is 5.57 Å². The molecule has 604 valence electrons. The van der Waals surface area contributed by atoms with Crippen molar-refractivity contribution in [2.75, 3.05) is 46.2 Å². The van der Waals surface area contributed by atoms with Crippen molar-refractivity contribution in [1.82, 2.24) is 0 Å². The van der Waals surface area contributed by atoms with Gasteiger partial charge in [0.15, 0.2) is 43.8 Å². The molecule has 5 aliphatic carbocycles. The Labute approximate surface area is 605 Å². The summed E-state index contributed by atoms with van der Waals surface area (Å²) in [5, 5.41) is 235. The summed E-state index contributed by atoms with van der Waals surface area (Å²) in [5.41, 5.74) is -7.07. The van der Waals surface area contributed by atoms with Gasteiger partial charge in [0.05, 0.1) is 76.8 Å². The van der Waals surface area contributed by atoms with Crippen LogP contribution in [-0.2, 0) is 71.1 Å². The van der Waals surface area contributed by atoms with E-state index in [4.69, 9.17) is 66.3 Å². The fourth-order valence-corrected chi connectivity index (χ4v) is 20.3. The number of ether oxygens (including phenoxy) is 14. The molecule has 0 aromatic rings. The number of carbonyl (C=O) groups is 1. The van der Waals surface area contributed by atoms with Crippen LogP contribution < -0.4 is 0 Å². The van der Waals surface area contributed by atoms with Crippen LogP contribution in [0.3, 0.4) is 0 Å². The van der Waals surface area contributed by atoms with Crippen molar-refractivity contribution in [3.05, 3.63) is 11.6 Å². The average molecular weight is 1520 g/mol. The Hall–Kier alpha value is -2.15. The standard InChI is InChI=1S/C69H112O36/c1-25-37(78)41(82)43(84)56(95-25)100-49-31(76)21-92-55(45(49)86)99-48-26(2)96-58(47(88)51(48)102-61-53(89)68(91,23-73)24-94-61)103-52-38(79)30(75)20-93-60(52)105-62(90)69-14-13-63(3,4)15-28(69)27-9-10-35-64(5)16-29(74)54(65(6,22-72)34(64)11-12-66(35,7)67(27,8)17-36(69)77)104-59-46(87)50(40(81)33(19-71)98-59)101-57-44(85)42(83)39(80)32(18-70)97-57/h9,25-26,28-61,70-89,91H,10-24H2,1-8H3. The molecule has 4 saturated carbocycles. The van der Waals surface area contributed by atoms with Crippen molar-refractivity contribution < 1.29 is 178 Å². The van der Waals surface area contributed by atoms with Crippen molar-refractivity contribution in [2.24, 2.45) is 50.2 Å². The Morgan fingerprint density at radius 2 is 1.04 bits per heavy atom. The molecule has 12 rings (SSSR count). The van der Waals surface area contributed by atoms with Crippen LogP contribution in [0.15, 0.2) is 11.6 Å². The third-order valence-electron chi connectivity index (χ3n) is 26.7. The molecule has 7 heterocycles. The molecular formula is C69H112O36. The van der Waals surface area contributed by atoms with E-state index in [1.54, 1.807) is 6.92 Å². The molecule has 42 unspecified atom stereocenters. The smallest absolute Gasteiger partial charge is 0.317 e. The molecule has 0 bridgehead atoms. The molecule has 21 N–H and O–H groups in total. The average Bonchev–Trinajstić information content (AvgIpc) is 0.809. The fraction of sp³-hybridized carbons (Fsp3) is 0.957. The second-order valence-electron chi connectivity index (χ2n) is 33.6. The van der Waals surface area contributed by atoms with E-state index in [2.05, 4.69) is 40.7 Å². The lowest BCUT2D eigenvalue weighted by atomic mass is 9.33. The number of fused-ring (bicyclic) bond motifs is 7. The highest BCUT2D eigenvalue weighted by Crippen LogP contribution is 2.76. The first-order chi connectivity index (χ1) is 49.2. The number of aliphatic hydroxyl groups is 21. The largest absolute Gasteiger partial charge is 0.432 e. The Kier molecular flexibility index (Phi) is 24.0. The van der Waals surface area contributed by atoms with Gasteiger partial charge in [-0.25, -0.2) is 0 Å². The summed E-state index contributed by atoms with van der Waals surface area (Å²) >= 11 is 0. The minimum absolute atomic E-state index is 0.0293. The molecule has 0 aromatic carbocycles. The van der Waals surface area contributed by atoms with Crippen LogP contribution in [0.1, 0.15) is 107 Å². The van der Waals surface area contributed by atoms with Gasteiger partial charge in [0.25, 0.3) is 0 Å². The topological polar surface area (TPSA) is 571 Å². The number of hydrogen-bond donors (Lipinski definition) is 21. The van der Waals surface area contributed by atoms with Gasteiger partial charge in [0, 0.05) is 5.41 Å².